The molecule has 3 aliphatic rings. The molecule has 0 aromatic heterocycles. The lowest BCUT2D eigenvalue weighted by atomic mass is 9.85. The van der Waals surface area contributed by atoms with Crippen molar-refractivity contribution in [2.24, 2.45) is 11.7 Å². The van der Waals surface area contributed by atoms with Crippen LogP contribution in [-0.4, -0.2) is 35.6 Å². The number of rotatable bonds is 6. The van der Waals surface area contributed by atoms with Crippen molar-refractivity contribution in [2.75, 3.05) is 12.1 Å². The highest BCUT2D eigenvalue weighted by Gasteiger charge is 2.34. The Morgan fingerprint density at radius 1 is 0.914 bits per heavy atom. The maximum atomic E-state index is 13.7. The smallest absolute Gasteiger partial charge is 0.255 e. The Hall–Kier alpha value is -3.06. The third-order valence-corrected chi connectivity index (χ3v) is 7.59. The number of fused-ring (bicyclic) bond motifs is 1. The van der Waals surface area contributed by atoms with Gasteiger partial charge in [0.25, 0.3) is 5.91 Å². The van der Waals surface area contributed by atoms with Gasteiger partial charge in [0.1, 0.15) is 0 Å². The third kappa shape index (κ3) is 5.45. The molecule has 0 radical (unpaired) electrons. The van der Waals surface area contributed by atoms with Crippen molar-refractivity contribution in [1.82, 2.24) is 4.90 Å². The number of anilines is 1. The molecule has 2 unspecified atom stereocenters. The van der Waals surface area contributed by atoms with Crippen LogP contribution in [0.15, 0.2) is 42.5 Å². The SMILES string of the molecule is NC1CCCCC1N(Cc1cccc(NC(=O)c2ccc3c(c2)OCO3)c1)C(=O)C1CCCCC1. The summed E-state index contributed by atoms with van der Waals surface area (Å²) in [7, 11) is 0. The monoisotopic (exact) mass is 477 g/mol. The summed E-state index contributed by atoms with van der Waals surface area (Å²) >= 11 is 0. The molecule has 2 saturated carbocycles. The molecule has 2 atom stereocenters. The maximum Gasteiger partial charge on any atom is 0.255 e. The molecule has 0 spiro atoms. The average molecular weight is 478 g/mol. The molecule has 1 heterocycles. The number of hydrogen-bond donors (Lipinski definition) is 2. The summed E-state index contributed by atoms with van der Waals surface area (Å²) in [6.07, 6.45) is 9.59. The molecule has 7 heteroatoms. The van der Waals surface area contributed by atoms with E-state index >= 15 is 0 Å². The Morgan fingerprint density at radius 3 is 2.51 bits per heavy atom. The van der Waals surface area contributed by atoms with Gasteiger partial charge in [-0.1, -0.05) is 44.2 Å². The summed E-state index contributed by atoms with van der Waals surface area (Å²) < 4.78 is 10.7. The number of hydrogen-bond acceptors (Lipinski definition) is 5. The minimum Gasteiger partial charge on any atom is -0.454 e. The molecular formula is C28H35N3O4. The third-order valence-electron chi connectivity index (χ3n) is 7.59. The van der Waals surface area contributed by atoms with Gasteiger partial charge in [-0.2, -0.15) is 0 Å². The number of nitrogens with one attached hydrogen (secondary N) is 1. The van der Waals surface area contributed by atoms with Crippen LogP contribution in [0.3, 0.4) is 0 Å². The molecule has 1 aliphatic heterocycles. The molecule has 35 heavy (non-hydrogen) atoms. The van der Waals surface area contributed by atoms with Gasteiger partial charge in [-0.25, -0.2) is 0 Å². The number of carbonyl (C=O) groups is 2. The second-order valence-electron chi connectivity index (χ2n) is 10.0. The molecule has 2 aromatic carbocycles. The van der Waals surface area contributed by atoms with Crippen LogP contribution >= 0.6 is 0 Å². The molecule has 2 aliphatic carbocycles. The van der Waals surface area contributed by atoms with E-state index in [4.69, 9.17) is 15.2 Å². The Labute approximate surface area is 207 Å². The van der Waals surface area contributed by atoms with Crippen LogP contribution in [-0.2, 0) is 11.3 Å². The van der Waals surface area contributed by atoms with E-state index in [1.807, 2.05) is 24.3 Å². The van der Waals surface area contributed by atoms with E-state index in [2.05, 4.69) is 10.2 Å². The molecule has 2 fully saturated rings. The van der Waals surface area contributed by atoms with Crippen molar-refractivity contribution < 1.29 is 19.1 Å². The van der Waals surface area contributed by atoms with Crippen molar-refractivity contribution in [3.63, 3.8) is 0 Å². The van der Waals surface area contributed by atoms with E-state index in [0.29, 0.717) is 29.3 Å². The Kier molecular flexibility index (Phi) is 7.23. The van der Waals surface area contributed by atoms with Gasteiger partial charge < -0.3 is 25.4 Å². The first kappa shape index (κ1) is 23.7. The molecular weight excluding hydrogens is 442 g/mol. The highest BCUT2D eigenvalue weighted by atomic mass is 16.7. The topological polar surface area (TPSA) is 93.9 Å². The molecule has 186 valence electrons. The second-order valence-corrected chi connectivity index (χ2v) is 10.0. The predicted octanol–water partition coefficient (Wildman–Crippen LogP) is 4.85. The number of nitrogens with two attached hydrogens (primary N) is 1. The first-order chi connectivity index (χ1) is 17.1. The normalized spacial score (nSPS) is 22.0. The summed E-state index contributed by atoms with van der Waals surface area (Å²) in [4.78, 5) is 28.6. The van der Waals surface area contributed by atoms with Crippen LogP contribution in [0.1, 0.15) is 73.7 Å². The number of nitrogens with zero attached hydrogens (tertiary/aromatic N) is 1. The first-order valence-corrected chi connectivity index (χ1v) is 12.9. The Morgan fingerprint density at radius 2 is 1.69 bits per heavy atom. The summed E-state index contributed by atoms with van der Waals surface area (Å²) in [6, 6.07) is 13.0. The Bertz CT molecular complexity index is 1070. The quantitative estimate of drug-likeness (QED) is 0.621. The summed E-state index contributed by atoms with van der Waals surface area (Å²) in [5, 5.41) is 2.98. The van der Waals surface area contributed by atoms with Gasteiger partial charge in [-0.05, 0) is 61.6 Å². The van der Waals surface area contributed by atoms with Gasteiger partial charge in [-0.15, -0.1) is 0 Å². The van der Waals surface area contributed by atoms with Crippen LogP contribution in [0.4, 0.5) is 5.69 Å². The lowest BCUT2D eigenvalue weighted by Crippen LogP contribution is -2.53. The zero-order valence-corrected chi connectivity index (χ0v) is 20.2. The van der Waals surface area contributed by atoms with Gasteiger partial charge in [0.15, 0.2) is 11.5 Å². The van der Waals surface area contributed by atoms with Gasteiger partial charge in [0, 0.05) is 35.8 Å². The van der Waals surface area contributed by atoms with Crippen LogP contribution < -0.4 is 20.5 Å². The summed E-state index contributed by atoms with van der Waals surface area (Å²) in [5.41, 5.74) is 8.72. The number of ether oxygens (including phenoxy) is 2. The van der Waals surface area contributed by atoms with Crippen molar-refractivity contribution in [2.45, 2.75) is 76.4 Å². The van der Waals surface area contributed by atoms with E-state index in [-0.39, 0.29) is 36.6 Å². The van der Waals surface area contributed by atoms with E-state index in [1.165, 1.54) is 6.42 Å². The Balaban J connectivity index is 1.32. The zero-order valence-electron chi connectivity index (χ0n) is 20.2. The van der Waals surface area contributed by atoms with Crippen molar-refractivity contribution in [3.05, 3.63) is 53.6 Å². The van der Waals surface area contributed by atoms with Gasteiger partial charge in [0.05, 0.1) is 0 Å². The fraction of sp³-hybridized carbons (Fsp3) is 0.500. The van der Waals surface area contributed by atoms with Gasteiger partial charge in [0.2, 0.25) is 12.7 Å². The minimum absolute atomic E-state index is 0.0187. The fourth-order valence-corrected chi connectivity index (χ4v) is 5.65. The van der Waals surface area contributed by atoms with E-state index in [1.54, 1.807) is 18.2 Å². The van der Waals surface area contributed by atoms with Crippen molar-refractivity contribution in [3.8, 4) is 11.5 Å². The highest BCUT2D eigenvalue weighted by Crippen LogP contribution is 2.33. The zero-order chi connectivity index (χ0) is 24.2. The lowest BCUT2D eigenvalue weighted by Gasteiger charge is -2.40. The van der Waals surface area contributed by atoms with E-state index < -0.39 is 0 Å². The maximum absolute atomic E-state index is 13.7. The number of carbonyl (C=O) groups excluding carboxylic acids is 2. The highest BCUT2D eigenvalue weighted by molar-refractivity contribution is 6.04. The van der Waals surface area contributed by atoms with Crippen LogP contribution in [0.25, 0.3) is 0 Å². The molecule has 0 bridgehead atoms. The number of amides is 2. The average Bonchev–Trinajstić information content (AvgIpc) is 3.36. The molecule has 2 aromatic rings. The van der Waals surface area contributed by atoms with Gasteiger partial charge >= 0.3 is 0 Å². The van der Waals surface area contributed by atoms with Crippen LogP contribution in [0.2, 0.25) is 0 Å². The van der Waals surface area contributed by atoms with Gasteiger partial charge in [-0.3, -0.25) is 9.59 Å². The first-order valence-electron chi connectivity index (χ1n) is 12.9. The van der Waals surface area contributed by atoms with E-state index in [9.17, 15) is 9.59 Å². The predicted molar refractivity (Wildman–Crippen MR) is 134 cm³/mol. The molecule has 0 saturated heterocycles. The molecule has 5 rings (SSSR count). The van der Waals surface area contributed by atoms with Crippen LogP contribution in [0.5, 0.6) is 11.5 Å². The second kappa shape index (κ2) is 10.7. The molecule has 7 nitrogen and oxygen atoms in total. The molecule has 3 N–H and O–H groups in total. The largest absolute Gasteiger partial charge is 0.454 e. The summed E-state index contributed by atoms with van der Waals surface area (Å²) in [6.45, 7) is 0.685. The minimum atomic E-state index is -0.218. The molecule has 2 amide bonds. The number of benzene rings is 2. The van der Waals surface area contributed by atoms with Crippen molar-refractivity contribution >= 4 is 17.5 Å². The summed E-state index contributed by atoms with van der Waals surface area (Å²) in [5.74, 6) is 1.36. The van der Waals surface area contributed by atoms with E-state index in [0.717, 1.165) is 56.9 Å². The lowest BCUT2D eigenvalue weighted by molar-refractivity contribution is -0.141. The fourth-order valence-electron chi connectivity index (χ4n) is 5.65. The van der Waals surface area contributed by atoms with Crippen LogP contribution in [0, 0.1) is 5.92 Å². The van der Waals surface area contributed by atoms with Crippen molar-refractivity contribution in [1.29, 1.82) is 0 Å². The standard InChI is InChI=1S/C28H35N3O4/c29-23-11-4-5-12-24(23)31(28(33)20-8-2-1-3-9-20)17-19-7-6-10-22(15-19)30-27(32)21-13-14-25-26(16-21)35-18-34-25/h6-7,10,13-16,20,23-24H,1-5,8-9,11-12,17-18,29H2,(H,30,32).